The Morgan fingerprint density at radius 3 is 1.55 bits per heavy atom. The summed E-state index contributed by atoms with van der Waals surface area (Å²) in [6.07, 6.45) is 0. The van der Waals surface area contributed by atoms with Gasteiger partial charge in [-0.3, -0.25) is 19.8 Å². The van der Waals surface area contributed by atoms with Gasteiger partial charge in [0.05, 0.1) is 36.7 Å². The average molecular weight is 575 g/mol. The van der Waals surface area contributed by atoms with Gasteiger partial charge in [0.1, 0.15) is 0 Å². The fraction of sp³-hybridized carbons (Fsp3) is 0.172. The third-order valence-electron chi connectivity index (χ3n) is 6.65. The molecule has 0 amide bonds. The van der Waals surface area contributed by atoms with Crippen molar-refractivity contribution >= 4 is 15.9 Å². The number of halogens is 1. The summed E-state index contributed by atoms with van der Waals surface area (Å²) in [4.78, 5) is 28.0. The minimum Gasteiger partial charge on any atom is -0.493 e. The Morgan fingerprint density at radius 2 is 1.13 bits per heavy atom. The molecule has 0 saturated heterocycles. The Morgan fingerprint density at radius 1 is 0.711 bits per heavy atom. The van der Waals surface area contributed by atoms with Crippen molar-refractivity contribution in [1.82, 2.24) is 19.6 Å². The highest BCUT2D eigenvalue weighted by Gasteiger charge is 2.33. The number of nitrogens with zero attached hydrogens (tertiary/aromatic N) is 2. The van der Waals surface area contributed by atoms with E-state index in [1.54, 1.807) is 20.3 Å². The van der Waals surface area contributed by atoms with Gasteiger partial charge in [0, 0.05) is 21.8 Å². The summed E-state index contributed by atoms with van der Waals surface area (Å²) in [7, 11) is 3.11. The predicted octanol–water partition coefficient (Wildman–Crippen LogP) is 5.22. The molecule has 0 unspecified atom stereocenters. The standard InChI is InChI=1S/C29H27BrN4O4/c1-17-25(28(35)33(31-17)19-11-7-5-8-12-19)27(21-15-23(37-3)24(38-4)16-22(21)30)26-18(2)32-34(29(26)36)20-13-9-6-10-14-20/h5-16,27,31-32H,1-4H3. The van der Waals surface area contributed by atoms with Gasteiger partial charge >= 0.3 is 0 Å². The van der Waals surface area contributed by atoms with Gasteiger partial charge in [-0.2, -0.15) is 0 Å². The summed E-state index contributed by atoms with van der Waals surface area (Å²) in [6, 6.07) is 22.3. The van der Waals surface area contributed by atoms with E-state index in [1.807, 2.05) is 80.6 Å². The molecule has 0 radical (unpaired) electrons. The quantitative estimate of drug-likeness (QED) is 0.278. The lowest BCUT2D eigenvalue weighted by Crippen LogP contribution is -2.25. The molecule has 0 aliphatic rings. The van der Waals surface area contributed by atoms with Crippen molar-refractivity contribution in [3.05, 3.63) is 126 Å². The number of para-hydroxylation sites is 2. The van der Waals surface area contributed by atoms with E-state index >= 15 is 0 Å². The lowest BCUT2D eigenvalue weighted by Gasteiger charge is -2.20. The fourth-order valence-electron chi connectivity index (χ4n) is 4.86. The Labute approximate surface area is 227 Å². The van der Waals surface area contributed by atoms with Crippen molar-refractivity contribution in [2.75, 3.05) is 14.2 Å². The maximum Gasteiger partial charge on any atom is 0.275 e. The number of aryl methyl sites for hydroxylation is 2. The van der Waals surface area contributed by atoms with Gasteiger partial charge in [-0.25, -0.2) is 9.36 Å². The van der Waals surface area contributed by atoms with E-state index in [-0.39, 0.29) is 11.1 Å². The number of aromatic amines is 2. The molecule has 0 aliphatic heterocycles. The van der Waals surface area contributed by atoms with E-state index in [0.717, 1.165) is 0 Å². The van der Waals surface area contributed by atoms with E-state index < -0.39 is 5.92 Å². The topological polar surface area (TPSA) is 94.0 Å². The van der Waals surface area contributed by atoms with Crippen LogP contribution in [0.2, 0.25) is 0 Å². The van der Waals surface area contributed by atoms with Crippen LogP contribution in [-0.2, 0) is 0 Å². The molecular weight excluding hydrogens is 548 g/mol. The molecule has 0 atom stereocenters. The lowest BCUT2D eigenvalue weighted by atomic mass is 9.85. The molecule has 0 saturated carbocycles. The molecule has 5 aromatic rings. The molecule has 5 rings (SSSR count). The van der Waals surface area contributed by atoms with Crippen molar-refractivity contribution < 1.29 is 9.47 Å². The van der Waals surface area contributed by atoms with Crippen LogP contribution in [0.15, 0.2) is 86.9 Å². The van der Waals surface area contributed by atoms with E-state index in [4.69, 9.17) is 9.47 Å². The number of nitrogens with one attached hydrogen (secondary N) is 2. The highest BCUT2D eigenvalue weighted by molar-refractivity contribution is 9.10. The maximum atomic E-state index is 14.0. The first-order chi connectivity index (χ1) is 18.3. The summed E-state index contributed by atoms with van der Waals surface area (Å²) in [5.41, 5.74) is 3.82. The third-order valence-corrected chi connectivity index (χ3v) is 7.34. The zero-order valence-corrected chi connectivity index (χ0v) is 23.0. The smallest absolute Gasteiger partial charge is 0.275 e. The van der Waals surface area contributed by atoms with Crippen LogP contribution in [-0.4, -0.2) is 33.8 Å². The lowest BCUT2D eigenvalue weighted by molar-refractivity contribution is 0.354. The zero-order valence-electron chi connectivity index (χ0n) is 21.4. The van der Waals surface area contributed by atoms with E-state index in [2.05, 4.69) is 26.1 Å². The van der Waals surface area contributed by atoms with Gasteiger partial charge in [-0.05, 0) is 55.8 Å². The second-order valence-corrected chi connectivity index (χ2v) is 9.77. The average Bonchev–Trinajstić information content (AvgIpc) is 3.40. The van der Waals surface area contributed by atoms with Crippen LogP contribution in [0.5, 0.6) is 11.5 Å². The van der Waals surface area contributed by atoms with Gasteiger partial charge in [0.2, 0.25) is 0 Å². The third kappa shape index (κ3) is 4.28. The minimum atomic E-state index is -0.716. The molecule has 0 spiro atoms. The van der Waals surface area contributed by atoms with Gasteiger partial charge < -0.3 is 9.47 Å². The zero-order chi connectivity index (χ0) is 27.0. The molecule has 194 valence electrons. The second kappa shape index (κ2) is 10.3. The van der Waals surface area contributed by atoms with Crippen molar-refractivity contribution in [2.24, 2.45) is 0 Å². The summed E-state index contributed by atoms with van der Waals surface area (Å²) >= 11 is 3.67. The summed E-state index contributed by atoms with van der Waals surface area (Å²) in [5, 5.41) is 6.42. The predicted molar refractivity (Wildman–Crippen MR) is 150 cm³/mol. The van der Waals surface area contributed by atoms with Gasteiger partial charge in [0.25, 0.3) is 11.1 Å². The molecule has 8 nitrogen and oxygen atoms in total. The van der Waals surface area contributed by atoms with Crippen LogP contribution >= 0.6 is 15.9 Å². The van der Waals surface area contributed by atoms with Gasteiger partial charge in [0.15, 0.2) is 11.5 Å². The van der Waals surface area contributed by atoms with Crippen LogP contribution in [0.3, 0.4) is 0 Å². The highest BCUT2D eigenvalue weighted by Crippen LogP contribution is 2.41. The molecule has 2 N–H and O–H groups in total. The Hall–Kier alpha value is -4.24. The van der Waals surface area contributed by atoms with Crippen LogP contribution in [0.4, 0.5) is 0 Å². The first-order valence-corrected chi connectivity index (χ1v) is 12.8. The fourth-order valence-corrected chi connectivity index (χ4v) is 5.41. The van der Waals surface area contributed by atoms with Crippen molar-refractivity contribution in [3.8, 4) is 22.9 Å². The summed E-state index contributed by atoms with van der Waals surface area (Å²) < 4.78 is 14.8. The van der Waals surface area contributed by atoms with Crippen molar-refractivity contribution in [2.45, 2.75) is 19.8 Å². The van der Waals surface area contributed by atoms with Crippen LogP contribution in [0, 0.1) is 13.8 Å². The number of H-pyrrole nitrogens is 2. The highest BCUT2D eigenvalue weighted by atomic mass is 79.9. The molecule has 0 aliphatic carbocycles. The maximum absolute atomic E-state index is 14.0. The van der Waals surface area contributed by atoms with Crippen LogP contribution in [0.1, 0.15) is 34.0 Å². The number of hydrogen-bond donors (Lipinski definition) is 2. The van der Waals surface area contributed by atoms with Crippen molar-refractivity contribution in [1.29, 1.82) is 0 Å². The second-order valence-electron chi connectivity index (χ2n) is 8.91. The monoisotopic (exact) mass is 574 g/mol. The minimum absolute atomic E-state index is 0.244. The van der Waals surface area contributed by atoms with E-state index in [0.29, 0.717) is 55.4 Å². The first kappa shape index (κ1) is 25.4. The molecule has 38 heavy (non-hydrogen) atoms. The molecule has 0 bridgehead atoms. The number of aromatic nitrogens is 4. The Bertz CT molecular complexity index is 1620. The molecule has 2 heterocycles. The number of hydrogen-bond acceptors (Lipinski definition) is 4. The molecular formula is C29H27BrN4O4. The normalized spacial score (nSPS) is 11.2. The Balaban J connectivity index is 1.83. The van der Waals surface area contributed by atoms with Gasteiger partial charge in [-0.1, -0.05) is 52.3 Å². The van der Waals surface area contributed by atoms with Crippen LogP contribution < -0.4 is 20.6 Å². The van der Waals surface area contributed by atoms with Crippen LogP contribution in [0.25, 0.3) is 11.4 Å². The first-order valence-electron chi connectivity index (χ1n) is 12.0. The number of ether oxygens (including phenoxy) is 2. The molecule has 3 aromatic carbocycles. The van der Waals surface area contributed by atoms with E-state index in [1.165, 1.54) is 9.36 Å². The van der Waals surface area contributed by atoms with E-state index in [9.17, 15) is 9.59 Å². The summed E-state index contributed by atoms with van der Waals surface area (Å²) in [5.74, 6) is 0.303. The van der Waals surface area contributed by atoms with Crippen molar-refractivity contribution in [3.63, 3.8) is 0 Å². The molecule has 0 fully saturated rings. The summed E-state index contributed by atoms with van der Waals surface area (Å²) in [6.45, 7) is 3.69. The Kier molecular flexibility index (Phi) is 6.86. The SMILES string of the molecule is COc1cc(Br)c(C(c2c(C)[nH]n(-c3ccccc3)c2=O)c2c(C)[nH]n(-c3ccccc3)c2=O)cc1OC. The largest absolute Gasteiger partial charge is 0.493 e. The number of benzene rings is 3. The number of methoxy groups -OCH3 is 2. The molecule has 2 aromatic heterocycles. The number of rotatable bonds is 7. The molecule has 9 heteroatoms. The van der Waals surface area contributed by atoms with Gasteiger partial charge in [-0.15, -0.1) is 0 Å².